The molecule has 0 aliphatic carbocycles. The molecular weight excluding hydrogens is 300 g/mol. The molecule has 2 saturated heterocycles. The summed E-state index contributed by atoms with van der Waals surface area (Å²) in [6.45, 7) is 3.39. The van der Waals surface area contributed by atoms with Crippen LogP contribution >= 0.6 is 0 Å². The molecule has 1 aromatic rings. The summed E-state index contributed by atoms with van der Waals surface area (Å²) in [5.41, 5.74) is 0.961. The Kier molecular flexibility index (Phi) is 4.63. The number of nitrogens with zero attached hydrogens (tertiary/aromatic N) is 4. The van der Waals surface area contributed by atoms with E-state index in [0.717, 1.165) is 43.9 Å². The lowest BCUT2D eigenvalue weighted by atomic mass is 9.94. The molecule has 1 unspecified atom stereocenters. The smallest absolute Gasteiger partial charge is 0.211 e. The van der Waals surface area contributed by atoms with Crippen LogP contribution in [-0.4, -0.2) is 55.4 Å². The van der Waals surface area contributed by atoms with Crippen molar-refractivity contribution >= 4 is 15.8 Å². The topological polar surface area (TPSA) is 66.4 Å². The molecule has 3 heterocycles. The molecule has 0 radical (unpaired) electrons. The number of rotatable bonds is 4. The molecule has 0 bridgehead atoms. The first-order valence-electron chi connectivity index (χ1n) is 8.05. The second kappa shape index (κ2) is 6.50. The van der Waals surface area contributed by atoms with Gasteiger partial charge >= 0.3 is 0 Å². The number of hydrogen-bond acceptors (Lipinski definition) is 5. The van der Waals surface area contributed by atoms with Crippen molar-refractivity contribution < 1.29 is 8.42 Å². The first-order chi connectivity index (χ1) is 10.5. The van der Waals surface area contributed by atoms with Crippen molar-refractivity contribution in [1.29, 1.82) is 0 Å². The zero-order valence-corrected chi connectivity index (χ0v) is 13.9. The van der Waals surface area contributed by atoms with Crippen molar-refractivity contribution in [3.05, 3.63) is 17.8 Å². The number of aromatic nitrogens is 2. The number of anilines is 1. The van der Waals surface area contributed by atoms with Crippen LogP contribution in [0.25, 0.3) is 0 Å². The molecule has 0 spiro atoms. The van der Waals surface area contributed by atoms with Gasteiger partial charge in [-0.3, -0.25) is 0 Å². The molecule has 0 saturated carbocycles. The fourth-order valence-electron chi connectivity index (χ4n) is 3.37. The van der Waals surface area contributed by atoms with E-state index in [4.69, 9.17) is 0 Å². The van der Waals surface area contributed by atoms with Gasteiger partial charge in [-0.05, 0) is 50.2 Å². The molecule has 1 atom stereocenters. The van der Waals surface area contributed by atoms with Gasteiger partial charge in [0.25, 0.3) is 0 Å². The SMILES string of the molecule is CS(=O)(=O)N1CCCC(Cc2ccc(N3CCCC3)nn2)C1. The molecule has 0 N–H and O–H groups in total. The van der Waals surface area contributed by atoms with Gasteiger partial charge in [0.1, 0.15) is 0 Å². The first kappa shape index (κ1) is 15.7. The van der Waals surface area contributed by atoms with E-state index in [9.17, 15) is 8.42 Å². The van der Waals surface area contributed by atoms with Crippen molar-refractivity contribution in [1.82, 2.24) is 14.5 Å². The van der Waals surface area contributed by atoms with E-state index in [1.807, 2.05) is 12.1 Å². The maximum atomic E-state index is 11.7. The Balaban J connectivity index is 1.60. The van der Waals surface area contributed by atoms with E-state index < -0.39 is 10.0 Å². The van der Waals surface area contributed by atoms with E-state index in [0.29, 0.717) is 19.0 Å². The van der Waals surface area contributed by atoms with Gasteiger partial charge in [-0.25, -0.2) is 12.7 Å². The van der Waals surface area contributed by atoms with Crippen molar-refractivity contribution in [3.63, 3.8) is 0 Å². The Morgan fingerprint density at radius 1 is 1.14 bits per heavy atom. The Bertz CT molecular complexity index is 596. The molecule has 2 aliphatic rings. The van der Waals surface area contributed by atoms with Crippen LogP contribution in [0.3, 0.4) is 0 Å². The van der Waals surface area contributed by atoms with Crippen LogP contribution in [0.5, 0.6) is 0 Å². The van der Waals surface area contributed by atoms with Crippen molar-refractivity contribution in [2.75, 3.05) is 37.3 Å². The minimum Gasteiger partial charge on any atom is -0.355 e. The minimum absolute atomic E-state index is 0.343. The van der Waals surface area contributed by atoms with Crippen molar-refractivity contribution in [3.8, 4) is 0 Å². The molecule has 0 amide bonds. The summed E-state index contributed by atoms with van der Waals surface area (Å²) in [7, 11) is -3.08. The minimum atomic E-state index is -3.08. The molecule has 1 aromatic heterocycles. The molecule has 3 rings (SSSR count). The predicted octanol–water partition coefficient (Wildman–Crippen LogP) is 1.29. The monoisotopic (exact) mass is 324 g/mol. The Labute approximate surface area is 132 Å². The maximum absolute atomic E-state index is 11.7. The van der Waals surface area contributed by atoms with Crippen LogP contribution < -0.4 is 4.90 Å². The highest BCUT2D eigenvalue weighted by atomic mass is 32.2. The molecule has 2 aliphatic heterocycles. The van der Waals surface area contributed by atoms with Crippen LogP contribution in [-0.2, 0) is 16.4 Å². The fraction of sp³-hybridized carbons (Fsp3) is 0.733. The standard InChI is InChI=1S/C15H24N4O2S/c1-22(20,21)19-10-4-5-13(12-19)11-14-6-7-15(17-16-14)18-8-2-3-9-18/h6-7,13H,2-5,8-12H2,1H3. The van der Waals surface area contributed by atoms with Gasteiger partial charge in [-0.2, -0.15) is 5.10 Å². The molecule has 22 heavy (non-hydrogen) atoms. The summed E-state index contributed by atoms with van der Waals surface area (Å²) in [4.78, 5) is 2.27. The summed E-state index contributed by atoms with van der Waals surface area (Å²) in [5, 5.41) is 8.68. The van der Waals surface area contributed by atoms with Gasteiger partial charge in [0.05, 0.1) is 11.9 Å². The molecule has 6 nitrogen and oxygen atoms in total. The molecular formula is C15H24N4O2S. The molecule has 2 fully saturated rings. The normalized spacial score (nSPS) is 23.9. The lowest BCUT2D eigenvalue weighted by Gasteiger charge is -2.30. The van der Waals surface area contributed by atoms with Gasteiger partial charge in [0, 0.05) is 26.2 Å². The van der Waals surface area contributed by atoms with Crippen molar-refractivity contribution in [2.24, 2.45) is 5.92 Å². The summed E-state index contributed by atoms with van der Waals surface area (Å²) in [5.74, 6) is 1.30. The molecule has 122 valence electrons. The lowest BCUT2D eigenvalue weighted by molar-refractivity contribution is 0.265. The lowest BCUT2D eigenvalue weighted by Crippen LogP contribution is -2.39. The maximum Gasteiger partial charge on any atom is 0.211 e. The van der Waals surface area contributed by atoms with E-state index in [-0.39, 0.29) is 0 Å². The quantitative estimate of drug-likeness (QED) is 0.835. The largest absolute Gasteiger partial charge is 0.355 e. The van der Waals surface area contributed by atoms with Crippen LogP contribution in [0.1, 0.15) is 31.4 Å². The van der Waals surface area contributed by atoms with Gasteiger partial charge in [0.15, 0.2) is 5.82 Å². The van der Waals surface area contributed by atoms with E-state index >= 15 is 0 Å². The zero-order chi connectivity index (χ0) is 15.6. The van der Waals surface area contributed by atoms with E-state index in [2.05, 4.69) is 15.1 Å². The second-order valence-corrected chi connectivity index (χ2v) is 8.39. The number of piperidine rings is 1. The Hall–Kier alpha value is -1.21. The third-order valence-electron chi connectivity index (χ3n) is 4.58. The van der Waals surface area contributed by atoms with Crippen LogP contribution in [0.15, 0.2) is 12.1 Å². The number of sulfonamides is 1. The summed E-state index contributed by atoms with van der Waals surface area (Å²) >= 11 is 0. The van der Waals surface area contributed by atoms with Crippen LogP contribution in [0.4, 0.5) is 5.82 Å². The first-order valence-corrected chi connectivity index (χ1v) is 9.90. The molecule has 0 aromatic carbocycles. The van der Waals surface area contributed by atoms with Gasteiger partial charge < -0.3 is 4.90 Å². The second-order valence-electron chi connectivity index (χ2n) is 6.41. The average Bonchev–Trinajstić information content (AvgIpc) is 3.02. The van der Waals surface area contributed by atoms with Gasteiger partial charge in [-0.1, -0.05) is 0 Å². The molecule has 7 heteroatoms. The third kappa shape index (κ3) is 3.76. The van der Waals surface area contributed by atoms with E-state index in [1.165, 1.54) is 19.1 Å². The highest BCUT2D eigenvalue weighted by Crippen LogP contribution is 2.22. The van der Waals surface area contributed by atoms with Gasteiger partial charge in [-0.15, -0.1) is 5.10 Å². The van der Waals surface area contributed by atoms with Crippen LogP contribution in [0, 0.1) is 5.92 Å². The predicted molar refractivity (Wildman–Crippen MR) is 86.3 cm³/mol. The average molecular weight is 324 g/mol. The van der Waals surface area contributed by atoms with Crippen molar-refractivity contribution in [2.45, 2.75) is 32.1 Å². The fourth-order valence-corrected chi connectivity index (χ4v) is 4.31. The zero-order valence-electron chi connectivity index (χ0n) is 13.1. The summed E-state index contributed by atoms with van der Waals surface area (Å²) < 4.78 is 24.9. The number of hydrogen-bond donors (Lipinski definition) is 0. The Morgan fingerprint density at radius 3 is 2.55 bits per heavy atom. The van der Waals surface area contributed by atoms with Gasteiger partial charge in [0.2, 0.25) is 10.0 Å². The summed E-state index contributed by atoms with van der Waals surface area (Å²) in [6, 6.07) is 4.09. The Morgan fingerprint density at radius 2 is 1.91 bits per heavy atom. The third-order valence-corrected chi connectivity index (χ3v) is 5.85. The highest BCUT2D eigenvalue weighted by molar-refractivity contribution is 7.88. The van der Waals surface area contributed by atoms with Crippen LogP contribution in [0.2, 0.25) is 0 Å². The summed E-state index contributed by atoms with van der Waals surface area (Å²) in [6.07, 6.45) is 6.54. The highest BCUT2D eigenvalue weighted by Gasteiger charge is 2.26. The van der Waals surface area contributed by atoms with E-state index in [1.54, 1.807) is 4.31 Å².